The minimum absolute atomic E-state index is 0.0893. The van der Waals surface area contributed by atoms with Gasteiger partial charge in [0.15, 0.2) is 5.78 Å². The number of carbonyl (C=O) groups excluding carboxylic acids is 1. The van der Waals surface area contributed by atoms with Crippen molar-refractivity contribution in [3.8, 4) is 0 Å². The van der Waals surface area contributed by atoms with Gasteiger partial charge in [-0.2, -0.15) is 0 Å². The number of benzene rings is 1. The van der Waals surface area contributed by atoms with E-state index in [0.29, 0.717) is 16.7 Å². The Balaban J connectivity index is 2.45. The van der Waals surface area contributed by atoms with Gasteiger partial charge in [0.1, 0.15) is 0 Å². The molecule has 0 bridgehead atoms. The number of rotatable bonds is 5. The second-order valence-corrected chi connectivity index (χ2v) is 7.96. The number of methoxy groups -OCH3 is 1. The summed E-state index contributed by atoms with van der Waals surface area (Å²) in [6.07, 6.45) is 2.95. The Morgan fingerprint density at radius 1 is 1.19 bits per heavy atom. The molecule has 0 heterocycles. The van der Waals surface area contributed by atoms with Crippen LogP contribution in [0.2, 0.25) is 0 Å². The van der Waals surface area contributed by atoms with Crippen LogP contribution < -0.4 is 0 Å². The third-order valence-electron chi connectivity index (χ3n) is 5.24. The fourth-order valence-corrected chi connectivity index (χ4v) is 3.95. The van der Waals surface area contributed by atoms with Gasteiger partial charge in [0.05, 0.1) is 11.7 Å². The molecule has 0 fully saturated rings. The number of halogens is 1. The molecule has 1 aliphatic rings. The number of ether oxygens (including phenoxy) is 1. The lowest BCUT2D eigenvalue weighted by atomic mass is 9.67. The summed E-state index contributed by atoms with van der Waals surface area (Å²) in [5, 5.41) is 9.55. The maximum atomic E-state index is 12.5. The summed E-state index contributed by atoms with van der Waals surface area (Å²) in [5.74, 6) is -1.05. The first-order valence-electron chi connectivity index (χ1n) is 8.27. The zero-order valence-corrected chi connectivity index (χ0v) is 17.7. The molecule has 1 N–H and O–H groups in total. The van der Waals surface area contributed by atoms with Gasteiger partial charge in [-0.25, -0.2) is 4.79 Å². The molecule has 0 saturated carbocycles. The van der Waals surface area contributed by atoms with E-state index < -0.39 is 17.5 Å². The van der Waals surface area contributed by atoms with E-state index in [1.54, 1.807) is 39.2 Å². The first kappa shape index (κ1) is 20.6. The van der Waals surface area contributed by atoms with Crippen molar-refractivity contribution in [2.75, 3.05) is 7.11 Å². The molecule has 1 aromatic rings. The van der Waals surface area contributed by atoms with Crippen molar-refractivity contribution in [2.45, 2.75) is 33.8 Å². The monoisotopic (exact) mass is 466 g/mol. The first-order chi connectivity index (χ1) is 12.1. The number of carboxylic acid groups (broad SMARTS) is 1. The smallest absolute Gasteiger partial charge is 0.335 e. The Kier molecular flexibility index (Phi) is 6.24. The third kappa shape index (κ3) is 3.69. The van der Waals surface area contributed by atoms with E-state index >= 15 is 0 Å². The minimum atomic E-state index is -0.956. The van der Waals surface area contributed by atoms with Crippen molar-refractivity contribution in [1.29, 1.82) is 0 Å². The summed E-state index contributed by atoms with van der Waals surface area (Å²) in [6, 6.07) is 7.38. The highest BCUT2D eigenvalue weighted by atomic mass is 127. The quantitative estimate of drug-likeness (QED) is 0.385. The molecule has 0 aliphatic heterocycles. The molecule has 1 aliphatic carbocycles. The molecular formula is C21H23IO4. The SMILES string of the molecule is COC1C(C)=C(C(=O)O)C(C)=C(C)C1(C)C=CC(=O)c1ccc(I)cc1. The van der Waals surface area contributed by atoms with E-state index in [-0.39, 0.29) is 5.78 Å². The van der Waals surface area contributed by atoms with Gasteiger partial charge >= 0.3 is 5.97 Å². The van der Waals surface area contributed by atoms with Crippen molar-refractivity contribution < 1.29 is 19.4 Å². The van der Waals surface area contributed by atoms with Gasteiger partial charge < -0.3 is 9.84 Å². The van der Waals surface area contributed by atoms with E-state index in [4.69, 9.17) is 4.74 Å². The molecule has 26 heavy (non-hydrogen) atoms. The summed E-state index contributed by atoms with van der Waals surface area (Å²) in [6.45, 7) is 7.46. The highest BCUT2D eigenvalue weighted by Crippen LogP contribution is 2.45. The van der Waals surface area contributed by atoms with Gasteiger partial charge in [0, 0.05) is 21.7 Å². The van der Waals surface area contributed by atoms with Crippen molar-refractivity contribution in [3.63, 3.8) is 0 Å². The first-order valence-corrected chi connectivity index (χ1v) is 9.35. The average Bonchev–Trinajstić information content (AvgIpc) is 2.59. The number of hydrogen-bond acceptors (Lipinski definition) is 3. The largest absolute Gasteiger partial charge is 0.478 e. The molecule has 5 heteroatoms. The summed E-state index contributed by atoms with van der Waals surface area (Å²) >= 11 is 2.20. The molecule has 0 saturated heterocycles. The lowest BCUT2D eigenvalue weighted by Crippen LogP contribution is -2.39. The van der Waals surface area contributed by atoms with E-state index in [2.05, 4.69) is 22.6 Å². The number of carbonyl (C=O) groups is 2. The van der Waals surface area contributed by atoms with Crippen molar-refractivity contribution in [2.24, 2.45) is 5.41 Å². The van der Waals surface area contributed by atoms with Crippen molar-refractivity contribution in [3.05, 3.63) is 67.8 Å². The summed E-state index contributed by atoms with van der Waals surface area (Å²) in [7, 11) is 1.56. The molecule has 0 aromatic heterocycles. The molecule has 4 nitrogen and oxygen atoms in total. The number of hydrogen-bond donors (Lipinski definition) is 1. The lowest BCUT2D eigenvalue weighted by Gasteiger charge is -2.41. The van der Waals surface area contributed by atoms with E-state index in [0.717, 1.165) is 14.7 Å². The number of ketones is 1. The fourth-order valence-electron chi connectivity index (χ4n) is 3.59. The predicted octanol–water partition coefficient (Wildman–Crippen LogP) is 4.80. The van der Waals surface area contributed by atoms with Gasteiger partial charge in [-0.3, -0.25) is 4.79 Å². The van der Waals surface area contributed by atoms with Crippen LogP contribution in [0.1, 0.15) is 38.1 Å². The zero-order valence-electron chi connectivity index (χ0n) is 15.6. The normalized spacial score (nSPS) is 23.7. The molecule has 138 valence electrons. The lowest BCUT2D eigenvalue weighted by molar-refractivity contribution is -0.132. The second-order valence-electron chi connectivity index (χ2n) is 6.72. The second kappa shape index (κ2) is 7.88. The van der Waals surface area contributed by atoms with Crippen LogP contribution in [0.25, 0.3) is 0 Å². The van der Waals surface area contributed by atoms with Gasteiger partial charge in [-0.05, 0) is 79.6 Å². The molecule has 1 aromatic carbocycles. The van der Waals surface area contributed by atoms with E-state index in [9.17, 15) is 14.7 Å². The number of allylic oxidation sites excluding steroid dienone is 1. The van der Waals surface area contributed by atoms with Crippen LogP contribution in [0, 0.1) is 8.99 Å². The Bertz CT molecular complexity index is 830. The van der Waals surface area contributed by atoms with Gasteiger partial charge in [-0.15, -0.1) is 0 Å². The van der Waals surface area contributed by atoms with Crippen LogP contribution >= 0.6 is 22.6 Å². The highest BCUT2D eigenvalue weighted by molar-refractivity contribution is 14.1. The predicted molar refractivity (Wildman–Crippen MR) is 110 cm³/mol. The molecule has 0 spiro atoms. The van der Waals surface area contributed by atoms with E-state index in [1.807, 2.05) is 32.1 Å². The Hall–Kier alpha value is -1.73. The van der Waals surface area contributed by atoms with Gasteiger partial charge in [0.25, 0.3) is 0 Å². The molecule has 2 atom stereocenters. The molecular weight excluding hydrogens is 443 g/mol. The summed E-state index contributed by atoms with van der Waals surface area (Å²) in [5.41, 5.74) is 2.59. The van der Waals surface area contributed by atoms with Crippen LogP contribution in [0.4, 0.5) is 0 Å². The van der Waals surface area contributed by atoms with E-state index in [1.165, 1.54) is 0 Å². The molecule has 2 unspecified atom stereocenters. The van der Waals surface area contributed by atoms with Gasteiger partial charge in [0.2, 0.25) is 0 Å². The topological polar surface area (TPSA) is 63.6 Å². The molecule has 2 rings (SSSR count). The van der Waals surface area contributed by atoms with Crippen molar-refractivity contribution in [1.82, 2.24) is 0 Å². The maximum absolute atomic E-state index is 12.5. The standard InChI is InChI=1S/C21H23IO4/c1-12-14(3)21(4,19(26-5)13(2)18(12)20(24)25)11-10-17(23)15-6-8-16(22)9-7-15/h6-11,19H,1-5H3,(H,24,25). The third-order valence-corrected chi connectivity index (χ3v) is 5.96. The Morgan fingerprint density at radius 3 is 2.27 bits per heavy atom. The zero-order chi connectivity index (χ0) is 19.6. The van der Waals surface area contributed by atoms with Crippen LogP contribution in [-0.2, 0) is 9.53 Å². The highest BCUT2D eigenvalue weighted by Gasteiger charge is 2.42. The molecule has 0 radical (unpaired) electrons. The Morgan fingerprint density at radius 2 is 1.77 bits per heavy atom. The van der Waals surface area contributed by atoms with Crippen LogP contribution in [0.5, 0.6) is 0 Å². The van der Waals surface area contributed by atoms with Crippen LogP contribution in [-0.4, -0.2) is 30.1 Å². The minimum Gasteiger partial charge on any atom is -0.478 e. The average molecular weight is 466 g/mol. The van der Waals surface area contributed by atoms with Crippen LogP contribution in [0.3, 0.4) is 0 Å². The van der Waals surface area contributed by atoms with Crippen LogP contribution in [0.15, 0.2) is 58.7 Å². The number of aliphatic carboxylic acids is 1. The molecule has 0 amide bonds. The number of carboxylic acids is 1. The van der Waals surface area contributed by atoms with Crippen molar-refractivity contribution >= 4 is 34.3 Å². The summed E-state index contributed by atoms with van der Waals surface area (Å²) < 4.78 is 6.72. The summed E-state index contributed by atoms with van der Waals surface area (Å²) in [4.78, 5) is 24.2. The Labute approximate surface area is 167 Å². The van der Waals surface area contributed by atoms with Gasteiger partial charge in [-0.1, -0.05) is 23.8 Å². The fraction of sp³-hybridized carbons (Fsp3) is 0.333. The maximum Gasteiger partial charge on any atom is 0.335 e.